The van der Waals surface area contributed by atoms with Crippen molar-refractivity contribution in [2.45, 2.75) is 61.7 Å². The van der Waals surface area contributed by atoms with E-state index < -0.39 is 36.4 Å². The largest absolute Gasteiger partial charge is 0.454 e. The van der Waals surface area contributed by atoms with Gasteiger partial charge in [0.25, 0.3) is 0 Å². The summed E-state index contributed by atoms with van der Waals surface area (Å²) in [6.45, 7) is 4.02. The lowest BCUT2D eigenvalue weighted by Gasteiger charge is -2.48. The quantitative estimate of drug-likeness (QED) is 0.475. The number of hydrogen-bond donors (Lipinski definition) is 2. The molecule has 202 valence electrons. The number of fused-ring (bicyclic) bond motifs is 6. The number of nitrogens with zero attached hydrogens (tertiary/aromatic N) is 1. The number of hydrogen-bond acceptors (Lipinski definition) is 9. The molecule has 7 rings (SSSR count). The van der Waals surface area contributed by atoms with E-state index in [1.807, 2.05) is 80.6 Å². The first-order valence-electron chi connectivity index (χ1n) is 13.0. The minimum atomic E-state index is -1.13. The Bertz CT molecular complexity index is 1410. The van der Waals surface area contributed by atoms with Crippen molar-refractivity contribution in [3.63, 3.8) is 0 Å². The molecule has 9 heteroatoms. The maximum Gasteiger partial charge on any atom is 0.231 e. The van der Waals surface area contributed by atoms with Crippen LogP contribution in [0.4, 0.5) is 0 Å². The molecule has 4 aliphatic rings. The molecule has 39 heavy (non-hydrogen) atoms. The summed E-state index contributed by atoms with van der Waals surface area (Å²) < 4.78 is 24.0. The van der Waals surface area contributed by atoms with Crippen molar-refractivity contribution in [1.82, 2.24) is 5.06 Å². The molecular weight excluding hydrogens is 518 g/mol. The predicted molar refractivity (Wildman–Crippen MR) is 143 cm³/mol. The molecule has 1 fully saturated rings. The van der Waals surface area contributed by atoms with E-state index in [1.165, 1.54) is 11.8 Å². The number of benzene rings is 3. The fraction of sp³-hybridized carbons (Fsp3) is 0.333. The molecule has 1 aliphatic carbocycles. The molecule has 0 radical (unpaired) electrons. The Hall–Kier alpha value is -2.89. The van der Waals surface area contributed by atoms with Crippen molar-refractivity contribution in [1.29, 1.82) is 0 Å². The summed E-state index contributed by atoms with van der Waals surface area (Å²) in [5.74, 6) is 0.220. The van der Waals surface area contributed by atoms with E-state index in [9.17, 15) is 10.2 Å². The van der Waals surface area contributed by atoms with Gasteiger partial charge in [0.05, 0.1) is 12.6 Å². The monoisotopic (exact) mass is 547 g/mol. The van der Waals surface area contributed by atoms with Crippen molar-refractivity contribution >= 4 is 17.3 Å². The van der Waals surface area contributed by atoms with E-state index in [0.29, 0.717) is 22.0 Å². The van der Waals surface area contributed by atoms with Gasteiger partial charge in [-0.3, -0.25) is 4.84 Å². The normalized spacial score (nSPS) is 28.7. The van der Waals surface area contributed by atoms with E-state index in [0.717, 1.165) is 21.6 Å². The zero-order valence-electron chi connectivity index (χ0n) is 21.5. The van der Waals surface area contributed by atoms with Crippen LogP contribution in [-0.2, 0) is 20.9 Å². The van der Waals surface area contributed by atoms with E-state index in [4.69, 9.17) is 23.8 Å². The van der Waals surface area contributed by atoms with Crippen molar-refractivity contribution in [3.05, 3.63) is 94.4 Å². The fourth-order valence-electron chi connectivity index (χ4n) is 5.79. The molecule has 3 aromatic rings. The van der Waals surface area contributed by atoms with Crippen LogP contribution in [0, 0.1) is 0 Å². The SMILES string of the molecule is CC1(C)O[C@@H]2[C@H](O1)[C@@H]1C(=C(Sc3ccccc3)[C@H]2O)c2cc3c(cc2C(O)N1OCc1ccccc1)OCO3. The van der Waals surface area contributed by atoms with Crippen LogP contribution >= 0.6 is 11.8 Å². The lowest BCUT2D eigenvalue weighted by atomic mass is 9.78. The van der Waals surface area contributed by atoms with Gasteiger partial charge in [0.2, 0.25) is 6.79 Å². The Morgan fingerprint density at radius 3 is 2.33 bits per heavy atom. The van der Waals surface area contributed by atoms with Gasteiger partial charge in [0, 0.05) is 15.4 Å². The Morgan fingerprint density at radius 1 is 0.923 bits per heavy atom. The van der Waals surface area contributed by atoms with Gasteiger partial charge in [0.15, 0.2) is 23.5 Å². The Morgan fingerprint density at radius 2 is 1.59 bits per heavy atom. The maximum absolute atomic E-state index is 11.8. The second kappa shape index (κ2) is 9.64. The second-order valence-corrected chi connectivity index (χ2v) is 11.5. The molecule has 0 bridgehead atoms. The lowest BCUT2D eigenvalue weighted by molar-refractivity contribution is -0.282. The highest BCUT2D eigenvalue weighted by Crippen LogP contribution is 2.55. The summed E-state index contributed by atoms with van der Waals surface area (Å²) in [5, 5.41) is 25.2. The summed E-state index contributed by atoms with van der Waals surface area (Å²) in [5.41, 5.74) is 3.14. The van der Waals surface area contributed by atoms with Gasteiger partial charge in [-0.15, -0.1) is 5.06 Å². The topological polar surface area (TPSA) is 89.9 Å². The molecule has 0 aromatic heterocycles. The molecule has 3 heterocycles. The van der Waals surface area contributed by atoms with E-state index >= 15 is 0 Å². The van der Waals surface area contributed by atoms with Crippen molar-refractivity contribution in [2.24, 2.45) is 0 Å². The minimum Gasteiger partial charge on any atom is -0.454 e. The zero-order valence-corrected chi connectivity index (χ0v) is 22.3. The highest BCUT2D eigenvalue weighted by atomic mass is 32.2. The number of thioether (sulfide) groups is 1. The molecule has 0 spiro atoms. The second-order valence-electron chi connectivity index (χ2n) is 10.4. The number of aliphatic hydroxyl groups is 2. The molecule has 0 amide bonds. The third-order valence-electron chi connectivity index (χ3n) is 7.44. The molecular formula is C30H29NO7S. The highest BCUT2D eigenvalue weighted by Gasteiger charge is 2.58. The molecule has 3 aliphatic heterocycles. The van der Waals surface area contributed by atoms with Crippen LogP contribution in [0.5, 0.6) is 11.5 Å². The van der Waals surface area contributed by atoms with Crippen LogP contribution in [-0.4, -0.2) is 52.2 Å². The maximum atomic E-state index is 11.8. The fourth-order valence-corrected chi connectivity index (χ4v) is 6.93. The van der Waals surface area contributed by atoms with Crippen LogP contribution in [0.2, 0.25) is 0 Å². The van der Waals surface area contributed by atoms with Gasteiger partial charge >= 0.3 is 0 Å². The standard InChI is InChI=1S/C30H29NO7S/c1-30(2)37-26-24-23(28(25(32)27(26)38-30)39-18-11-7-4-8-12-18)19-13-21-22(35-16-34-21)14-20(19)29(33)31(24)36-15-17-9-5-3-6-10-17/h3-14,24-27,29,32-33H,15-16H2,1-2H3/t24-,25-,26+,27-,29?/m0/s1. The van der Waals surface area contributed by atoms with Gasteiger partial charge in [-0.1, -0.05) is 60.3 Å². The highest BCUT2D eigenvalue weighted by molar-refractivity contribution is 8.03. The molecule has 5 atom stereocenters. The zero-order chi connectivity index (χ0) is 26.7. The third kappa shape index (κ3) is 4.35. The van der Waals surface area contributed by atoms with Crippen molar-refractivity contribution in [3.8, 4) is 11.5 Å². The minimum absolute atomic E-state index is 0.106. The number of hydroxylamine groups is 2. The van der Waals surface area contributed by atoms with Gasteiger partial charge in [-0.2, -0.15) is 0 Å². The summed E-state index contributed by atoms with van der Waals surface area (Å²) in [6.07, 6.45) is -3.35. The smallest absolute Gasteiger partial charge is 0.231 e. The summed E-state index contributed by atoms with van der Waals surface area (Å²) >= 11 is 1.48. The Balaban J connectivity index is 1.41. The molecule has 8 nitrogen and oxygen atoms in total. The van der Waals surface area contributed by atoms with Crippen LogP contribution in [0.3, 0.4) is 0 Å². The van der Waals surface area contributed by atoms with Gasteiger partial charge in [-0.25, -0.2) is 0 Å². The van der Waals surface area contributed by atoms with Crippen LogP contribution in [0.15, 0.2) is 82.6 Å². The summed E-state index contributed by atoms with van der Waals surface area (Å²) in [4.78, 5) is 8.08. The third-order valence-corrected chi connectivity index (χ3v) is 8.63. The lowest BCUT2D eigenvalue weighted by Crippen LogP contribution is -2.57. The number of ether oxygens (including phenoxy) is 4. The molecule has 3 aromatic carbocycles. The Labute approximate surface area is 230 Å². The van der Waals surface area contributed by atoms with Gasteiger partial charge in [0.1, 0.15) is 18.3 Å². The number of rotatable bonds is 5. The number of aliphatic hydroxyl groups excluding tert-OH is 2. The van der Waals surface area contributed by atoms with Crippen LogP contribution in [0.1, 0.15) is 36.8 Å². The summed E-state index contributed by atoms with van der Waals surface area (Å²) in [6, 6.07) is 22.8. The predicted octanol–water partition coefficient (Wildman–Crippen LogP) is 4.62. The summed E-state index contributed by atoms with van der Waals surface area (Å²) in [7, 11) is 0. The first-order valence-corrected chi connectivity index (χ1v) is 13.8. The molecule has 0 saturated carbocycles. The van der Waals surface area contributed by atoms with Crippen LogP contribution < -0.4 is 9.47 Å². The average Bonchev–Trinajstić information content (AvgIpc) is 3.54. The van der Waals surface area contributed by atoms with Gasteiger partial charge in [-0.05, 0) is 54.8 Å². The molecule has 2 N–H and O–H groups in total. The Kier molecular flexibility index (Phi) is 6.20. The van der Waals surface area contributed by atoms with Crippen molar-refractivity contribution in [2.75, 3.05) is 6.79 Å². The van der Waals surface area contributed by atoms with Crippen molar-refractivity contribution < 1.29 is 34.0 Å². The van der Waals surface area contributed by atoms with E-state index in [2.05, 4.69) is 0 Å². The molecule has 1 unspecified atom stereocenters. The van der Waals surface area contributed by atoms with Gasteiger partial charge < -0.3 is 29.2 Å². The van der Waals surface area contributed by atoms with Crippen LogP contribution in [0.25, 0.3) is 5.57 Å². The first kappa shape index (κ1) is 25.1. The first-order chi connectivity index (χ1) is 18.9. The average molecular weight is 548 g/mol. The van der Waals surface area contributed by atoms with E-state index in [1.54, 1.807) is 11.1 Å². The molecule has 1 saturated heterocycles. The van der Waals surface area contributed by atoms with E-state index in [-0.39, 0.29) is 13.4 Å².